The fraction of sp³-hybridized carbons (Fsp3) is 0.545. The van der Waals surface area contributed by atoms with Crippen molar-refractivity contribution in [1.29, 1.82) is 0 Å². The molecule has 1 N–H and O–H groups in total. The number of aliphatic hydroxyl groups excluding tert-OH is 1. The molecule has 0 fully saturated rings. The smallest absolute Gasteiger partial charge is 0.197 e. The van der Waals surface area contributed by atoms with Crippen LogP contribution in [0, 0.1) is 13.8 Å². The van der Waals surface area contributed by atoms with Gasteiger partial charge in [-0.3, -0.25) is 4.40 Å². The van der Waals surface area contributed by atoms with Crippen LogP contribution >= 0.6 is 11.8 Å². The van der Waals surface area contributed by atoms with Crippen LogP contribution in [0.15, 0.2) is 11.2 Å². The molecule has 0 spiro atoms. The Balaban J connectivity index is 2.42. The number of rotatable bonds is 4. The molecule has 6 heteroatoms. The SMILES string of the molecule is CCC(CO)Sc1nnc2cc(C)nc(C)n12. The van der Waals surface area contributed by atoms with E-state index in [0.29, 0.717) is 0 Å². The number of thioether (sulfide) groups is 1. The van der Waals surface area contributed by atoms with Gasteiger partial charge in [-0.1, -0.05) is 18.7 Å². The predicted octanol–water partition coefficient (Wildman–Crippen LogP) is 1.60. The third kappa shape index (κ3) is 2.42. The van der Waals surface area contributed by atoms with Gasteiger partial charge in [0, 0.05) is 17.0 Å². The van der Waals surface area contributed by atoms with Gasteiger partial charge in [0.25, 0.3) is 0 Å². The van der Waals surface area contributed by atoms with Gasteiger partial charge < -0.3 is 5.11 Å². The number of aromatic nitrogens is 4. The van der Waals surface area contributed by atoms with Crippen molar-refractivity contribution >= 4 is 17.4 Å². The maximum Gasteiger partial charge on any atom is 0.197 e. The first-order valence-corrected chi connectivity index (χ1v) is 6.50. The molecule has 17 heavy (non-hydrogen) atoms. The molecule has 1 atom stereocenters. The minimum Gasteiger partial charge on any atom is -0.395 e. The molecule has 2 aromatic heterocycles. The molecule has 0 radical (unpaired) electrons. The van der Waals surface area contributed by atoms with Crippen molar-refractivity contribution in [1.82, 2.24) is 19.6 Å². The highest BCUT2D eigenvalue weighted by atomic mass is 32.2. The average Bonchev–Trinajstić information content (AvgIpc) is 2.69. The second-order valence-corrected chi connectivity index (χ2v) is 5.22. The van der Waals surface area contributed by atoms with Gasteiger partial charge in [0.2, 0.25) is 0 Å². The van der Waals surface area contributed by atoms with Crippen molar-refractivity contribution in [3.8, 4) is 0 Å². The molecule has 0 amide bonds. The van der Waals surface area contributed by atoms with Crippen molar-refractivity contribution in [2.75, 3.05) is 6.61 Å². The van der Waals surface area contributed by atoms with Gasteiger partial charge in [-0.15, -0.1) is 10.2 Å². The quantitative estimate of drug-likeness (QED) is 0.837. The molecule has 2 heterocycles. The molecule has 0 aliphatic heterocycles. The monoisotopic (exact) mass is 252 g/mol. The van der Waals surface area contributed by atoms with Crippen molar-refractivity contribution in [2.45, 2.75) is 37.6 Å². The van der Waals surface area contributed by atoms with E-state index in [9.17, 15) is 5.11 Å². The van der Waals surface area contributed by atoms with Crippen molar-refractivity contribution in [3.05, 3.63) is 17.6 Å². The van der Waals surface area contributed by atoms with Crippen molar-refractivity contribution in [3.63, 3.8) is 0 Å². The van der Waals surface area contributed by atoms with E-state index < -0.39 is 0 Å². The highest BCUT2D eigenvalue weighted by Gasteiger charge is 2.14. The Morgan fingerprint density at radius 2 is 2.18 bits per heavy atom. The summed E-state index contributed by atoms with van der Waals surface area (Å²) in [7, 11) is 0. The number of fused-ring (bicyclic) bond motifs is 1. The summed E-state index contributed by atoms with van der Waals surface area (Å²) >= 11 is 1.54. The highest BCUT2D eigenvalue weighted by molar-refractivity contribution is 7.99. The first-order valence-electron chi connectivity index (χ1n) is 5.62. The molecule has 0 saturated heterocycles. The Morgan fingerprint density at radius 1 is 1.41 bits per heavy atom. The van der Waals surface area contributed by atoms with Crippen LogP contribution in [0.4, 0.5) is 0 Å². The number of aliphatic hydroxyl groups is 1. The molecule has 0 aliphatic carbocycles. The molecule has 92 valence electrons. The number of aryl methyl sites for hydroxylation is 2. The molecule has 1 unspecified atom stereocenters. The van der Waals surface area contributed by atoms with Gasteiger partial charge in [0.1, 0.15) is 5.82 Å². The fourth-order valence-corrected chi connectivity index (χ4v) is 2.64. The minimum absolute atomic E-state index is 0.147. The van der Waals surface area contributed by atoms with E-state index in [-0.39, 0.29) is 11.9 Å². The van der Waals surface area contributed by atoms with Gasteiger partial charge in [0.15, 0.2) is 10.8 Å². The maximum atomic E-state index is 9.22. The fourth-order valence-electron chi connectivity index (χ4n) is 1.68. The molecule has 5 nitrogen and oxygen atoms in total. The lowest BCUT2D eigenvalue weighted by atomic mass is 10.3. The topological polar surface area (TPSA) is 63.3 Å². The van der Waals surface area contributed by atoms with E-state index in [1.165, 1.54) is 0 Å². The molecular formula is C11H16N4OS. The van der Waals surface area contributed by atoms with Crippen LogP contribution in [0.2, 0.25) is 0 Å². The Hall–Kier alpha value is -1.14. The molecule has 2 aromatic rings. The van der Waals surface area contributed by atoms with Crippen LogP contribution in [-0.2, 0) is 0 Å². The van der Waals surface area contributed by atoms with Crippen LogP contribution in [-0.4, -0.2) is 36.5 Å². The van der Waals surface area contributed by atoms with Crippen LogP contribution in [0.3, 0.4) is 0 Å². The van der Waals surface area contributed by atoms with Crippen LogP contribution in [0.5, 0.6) is 0 Å². The zero-order chi connectivity index (χ0) is 12.4. The third-order valence-corrected chi connectivity index (χ3v) is 3.88. The molecule has 0 saturated carbocycles. The van der Waals surface area contributed by atoms with E-state index in [0.717, 1.165) is 28.7 Å². The Morgan fingerprint density at radius 3 is 2.82 bits per heavy atom. The summed E-state index contributed by atoms with van der Waals surface area (Å²) in [5, 5.41) is 18.5. The number of hydrogen-bond donors (Lipinski definition) is 1. The molecule has 0 aliphatic rings. The highest BCUT2D eigenvalue weighted by Crippen LogP contribution is 2.24. The second kappa shape index (κ2) is 5.01. The Bertz CT molecular complexity index is 521. The van der Waals surface area contributed by atoms with Gasteiger partial charge in [-0.25, -0.2) is 4.98 Å². The summed E-state index contributed by atoms with van der Waals surface area (Å²) in [5.41, 5.74) is 1.75. The average molecular weight is 252 g/mol. The Labute approximate surface area is 104 Å². The largest absolute Gasteiger partial charge is 0.395 e. The maximum absolute atomic E-state index is 9.22. The van der Waals surface area contributed by atoms with Crippen LogP contribution in [0.1, 0.15) is 24.9 Å². The summed E-state index contributed by atoms with van der Waals surface area (Å²) in [4.78, 5) is 4.40. The Kier molecular flexibility index (Phi) is 3.63. The standard InChI is InChI=1S/C11H16N4OS/c1-4-9(6-16)17-11-14-13-10-5-7(2)12-8(3)15(10)11/h5,9,16H,4,6H2,1-3H3. The summed E-state index contributed by atoms with van der Waals surface area (Å²) in [6, 6.07) is 1.91. The summed E-state index contributed by atoms with van der Waals surface area (Å²) in [5.74, 6) is 0.875. The van der Waals surface area contributed by atoms with Crippen molar-refractivity contribution < 1.29 is 5.11 Å². The zero-order valence-electron chi connectivity index (χ0n) is 10.2. The van der Waals surface area contributed by atoms with Gasteiger partial charge in [0.05, 0.1) is 6.61 Å². The molecular weight excluding hydrogens is 236 g/mol. The summed E-state index contributed by atoms with van der Waals surface area (Å²) < 4.78 is 1.93. The predicted molar refractivity (Wildman–Crippen MR) is 67.3 cm³/mol. The summed E-state index contributed by atoms with van der Waals surface area (Å²) in [6.07, 6.45) is 0.897. The van der Waals surface area contributed by atoms with E-state index in [1.807, 2.05) is 31.2 Å². The minimum atomic E-state index is 0.147. The molecule has 0 bridgehead atoms. The van der Waals surface area contributed by atoms with Crippen molar-refractivity contribution in [2.24, 2.45) is 0 Å². The summed E-state index contributed by atoms with van der Waals surface area (Å²) in [6.45, 7) is 6.07. The lowest BCUT2D eigenvalue weighted by Gasteiger charge is -2.10. The molecule has 0 aromatic carbocycles. The van der Waals surface area contributed by atoms with Crippen LogP contribution < -0.4 is 0 Å². The van der Waals surface area contributed by atoms with Gasteiger partial charge in [-0.2, -0.15) is 0 Å². The first kappa shape index (κ1) is 12.3. The molecule has 2 rings (SSSR count). The van der Waals surface area contributed by atoms with E-state index in [2.05, 4.69) is 15.2 Å². The number of hydrogen-bond acceptors (Lipinski definition) is 5. The first-order chi connectivity index (χ1) is 8.15. The van der Waals surface area contributed by atoms with Gasteiger partial charge >= 0.3 is 0 Å². The second-order valence-electron chi connectivity index (χ2n) is 3.95. The van der Waals surface area contributed by atoms with E-state index in [1.54, 1.807) is 11.8 Å². The lowest BCUT2D eigenvalue weighted by molar-refractivity contribution is 0.292. The normalized spacial score (nSPS) is 13.2. The van der Waals surface area contributed by atoms with Gasteiger partial charge in [-0.05, 0) is 20.3 Å². The number of nitrogens with zero attached hydrogens (tertiary/aromatic N) is 4. The lowest BCUT2D eigenvalue weighted by Crippen LogP contribution is -2.08. The third-order valence-electron chi connectivity index (χ3n) is 2.59. The zero-order valence-corrected chi connectivity index (χ0v) is 11.0. The van der Waals surface area contributed by atoms with E-state index >= 15 is 0 Å². The van der Waals surface area contributed by atoms with Crippen LogP contribution in [0.25, 0.3) is 5.65 Å². The van der Waals surface area contributed by atoms with E-state index in [4.69, 9.17) is 0 Å².